The van der Waals surface area contributed by atoms with E-state index in [2.05, 4.69) is 4.90 Å². The fraction of sp³-hybridized carbons (Fsp3) is 0.435. The molecule has 28 heavy (non-hydrogen) atoms. The van der Waals surface area contributed by atoms with Crippen molar-refractivity contribution in [1.82, 2.24) is 9.80 Å². The number of likely N-dealkylation sites (tertiary alicyclic amines) is 1. The molecule has 3 rings (SSSR count). The fourth-order valence-corrected chi connectivity index (χ4v) is 3.71. The van der Waals surface area contributed by atoms with Crippen LogP contribution in [0, 0.1) is 0 Å². The van der Waals surface area contributed by atoms with E-state index in [1.165, 1.54) is 30.9 Å². The van der Waals surface area contributed by atoms with E-state index in [1.807, 2.05) is 31.2 Å². The number of likely N-dealkylation sites (N-methyl/N-ethyl adjacent to an activating group) is 1. The molecule has 1 aliphatic heterocycles. The van der Waals surface area contributed by atoms with E-state index >= 15 is 0 Å². The van der Waals surface area contributed by atoms with Crippen molar-refractivity contribution in [3.8, 4) is 5.75 Å². The van der Waals surface area contributed by atoms with Crippen molar-refractivity contribution in [3.05, 3.63) is 65.2 Å². The number of aliphatic hydroxyl groups is 1. The van der Waals surface area contributed by atoms with Crippen molar-refractivity contribution >= 4 is 5.91 Å². The number of piperidine rings is 1. The average Bonchev–Trinajstić information content (AvgIpc) is 2.72. The van der Waals surface area contributed by atoms with E-state index < -0.39 is 6.10 Å². The number of hydrogen-bond donors (Lipinski definition) is 2. The van der Waals surface area contributed by atoms with Crippen LogP contribution in [0.25, 0.3) is 0 Å². The molecule has 5 nitrogen and oxygen atoms in total. The summed E-state index contributed by atoms with van der Waals surface area (Å²) >= 11 is 0. The van der Waals surface area contributed by atoms with Crippen molar-refractivity contribution in [2.24, 2.45) is 0 Å². The summed E-state index contributed by atoms with van der Waals surface area (Å²) in [6.07, 6.45) is 3.02. The number of carbonyl (C=O) groups is 1. The molecule has 2 N–H and O–H groups in total. The number of aliphatic hydroxyl groups excluding tert-OH is 1. The zero-order chi connectivity index (χ0) is 19.9. The van der Waals surface area contributed by atoms with Crippen LogP contribution >= 0.6 is 0 Å². The molecular formula is C23H30N2O3. The quantitative estimate of drug-likeness (QED) is 0.768. The molecule has 1 heterocycles. The molecule has 1 saturated heterocycles. The number of phenolic OH excluding ortho intramolecular Hbond substituents is 1. The Hall–Kier alpha value is -2.37. The molecule has 1 atom stereocenters. The zero-order valence-corrected chi connectivity index (χ0v) is 16.6. The van der Waals surface area contributed by atoms with Crippen LogP contribution in [0.2, 0.25) is 0 Å². The summed E-state index contributed by atoms with van der Waals surface area (Å²) < 4.78 is 0. The fourth-order valence-electron chi connectivity index (χ4n) is 3.71. The monoisotopic (exact) mass is 382 g/mol. The Kier molecular flexibility index (Phi) is 7.06. The van der Waals surface area contributed by atoms with Gasteiger partial charge in [-0.1, -0.05) is 30.7 Å². The first-order chi connectivity index (χ1) is 13.6. The highest BCUT2D eigenvalue weighted by molar-refractivity contribution is 5.94. The van der Waals surface area contributed by atoms with E-state index in [-0.39, 0.29) is 18.2 Å². The maximum absolute atomic E-state index is 12.9. The maximum atomic E-state index is 12.9. The molecule has 0 aliphatic carbocycles. The van der Waals surface area contributed by atoms with Crippen LogP contribution in [-0.2, 0) is 6.54 Å². The van der Waals surface area contributed by atoms with Crippen LogP contribution < -0.4 is 0 Å². The van der Waals surface area contributed by atoms with Gasteiger partial charge in [-0.3, -0.25) is 9.69 Å². The van der Waals surface area contributed by atoms with Gasteiger partial charge in [0.2, 0.25) is 0 Å². The number of carbonyl (C=O) groups excluding carboxylic acids is 1. The highest BCUT2D eigenvalue weighted by Gasteiger charge is 2.19. The van der Waals surface area contributed by atoms with Gasteiger partial charge in [0.25, 0.3) is 5.91 Å². The van der Waals surface area contributed by atoms with Crippen molar-refractivity contribution in [3.63, 3.8) is 0 Å². The summed E-state index contributed by atoms with van der Waals surface area (Å²) in [6.45, 7) is 5.83. The summed E-state index contributed by atoms with van der Waals surface area (Å²) in [5.74, 6) is 0.0152. The third-order valence-electron chi connectivity index (χ3n) is 5.37. The van der Waals surface area contributed by atoms with Gasteiger partial charge in [0.15, 0.2) is 0 Å². The Morgan fingerprint density at radius 2 is 1.82 bits per heavy atom. The third kappa shape index (κ3) is 5.33. The van der Waals surface area contributed by atoms with Crippen molar-refractivity contribution in [2.45, 2.75) is 38.8 Å². The second-order valence-corrected chi connectivity index (χ2v) is 7.49. The molecule has 0 spiro atoms. The molecule has 0 bridgehead atoms. The summed E-state index contributed by atoms with van der Waals surface area (Å²) in [5, 5.41) is 20.0. The minimum atomic E-state index is -0.839. The molecule has 2 aromatic rings. The first-order valence-corrected chi connectivity index (χ1v) is 10.1. The smallest absolute Gasteiger partial charge is 0.253 e. The van der Waals surface area contributed by atoms with Gasteiger partial charge in [0, 0.05) is 18.7 Å². The Balaban J connectivity index is 1.62. The van der Waals surface area contributed by atoms with Gasteiger partial charge in [-0.05, 0) is 68.2 Å². The maximum Gasteiger partial charge on any atom is 0.253 e. The molecule has 1 amide bonds. The highest BCUT2D eigenvalue weighted by atomic mass is 16.3. The van der Waals surface area contributed by atoms with Crippen LogP contribution in [-0.4, -0.2) is 52.1 Å². The second-order valence-electron chi connectivity index (χ2n) is 7.49. The normalized spacial score (nSPS) is 15.9. The first-order valence-electron chi connectivity index (χ1n) is 10.1. The van der Waals surface area contributed by atoms with Gasteiger partial charge in [0.05, 0.1) is 12.6 Å². The van der Waals surface area contributed by atoms with Crippen LogP contribution in [0.1, 0.15) is 53.8 Å². The summed E-state index contributed by atoms with van der Waals surface area (Å²) in [7, 11) is 0. The lowest BCUT2D eigenvalue weighted by atomic mass is 10.1. The summed E-state index contributed by atoms with van der Waals surface area (Å²) in [6, 6.07) is 14.3. The molecule has 2 aromatic carbocycles. The highest BCUT2D eigenvalue weighted by Crippen LogP contribution is 2.20. The Morgan fingerprint density at radius 1 is 1.11 bits per heavy atom. The van der Waals surface area contributed by atoms with E-state index in [0.717, 1.165) is 19.6 Å². The van der Waals surface area contributed by atoms with Crippen molar-refractivity contribution in [2.75, 3.05) is 26.2 Å². The predicted molar refractivity (Wildman–Crippen MR) is 110 cm³/mol. The average molecular weight is 383 g/mol. The molecule has 0 unspecified atom stereocenters. The molecule has 1 fully saturated rings. The van der Waals surface area contributed by atoms with Gasteiger partial charge < -0.3 is 15.1 Å². The van der Waals surface area contributed by atoms with Gasteiger partial charge in [-0.25, -0.2) is 0 Å². The molecule has 1 aliphatic rings. The lowest BCUT2D eigenvalue weighted by Gasteiger charge is -2.26. The number of rotatable bonds is 7. The first kappa shape index (κ1) is 20.4. The Morgan fingerprint density at radius 3 is 2.46 bits per heavy atom. The van der Waals surface area contributed by atoms with E-state index in [4.69, 9.17) is 0 Å². The third-order valence-corrected chi connectivity index (χ3v) is 5.37. The Labute approximate surface area is 167 Å². The van der Waals surface area contributed by atoms with Crippen molar-refractivity contribution in [1.29, 1.82) is 0 Å². The standard InChI is InChI=1S/C23H30N2O3/c1-2-25(17-22(27)20-7-6-8-21(26)15-20)23(28)19-11-9-18(10-12-19)16-24-13-4-3-5-14-24/h6-12,15,22,26-27H,2-5,13-14,16-17H2,1H3/t22-/m0/s1. The molecule has 5 heteroatoms. The summed E-state index contributed by atoms with van der Waals surface area (Å²) in [5.41, 5.74) is 2.46. The minimum absolute atomic E-state index is 0.0915. The van der Waals surface area contributed by atoms with Crippen molar-refractivity contribution < 1.29 is 15.0 Å². The van der Waals surface area contributed by atoms with Crippen LogP contribution in [0.15, 0.2) is 48.5 Å². The largest absolute Gasteiger partial charge is 0.508 e. The molecular weight excluding hydrogens is 352 g/mol. The molecule has 0 aromatic heterocycles. The second kappa shape index (κ2) is 9.71. The topological polar surface area (TPSA) is 64.0 Å². The number of amides is 1. The van der Waals surface area contributed by atoms with E-state index in [0.29, 0.717) is 17.7 Å². The van der Waals surface area contributed by atoms with Gasteiger partial charge in [-0.2, -0.15) is 0 Å². The lowest BCUT2D eigenvalue weighted by Crippen LogP contribution is -2.34. The Bertz CT molecular complexity index is 770. The zero-order valence-electron chi connectivity index (χ0n) is 16.6. The SMILES string of the molecule is CCN(C[C@H](O)c1cccc(O)c1)C(=O)c1ccc(CN2CCCCC2)cc1. The molecule has 150 valence electrons. The number of aromatic hydroxyl groups is 1. The minimum Gasteiger partial charge on any atom is -0.508 e. The number of hydrogen-bond acceptors (Lipinski definition) is 4. The van der Waals surface area contributed by atoms with Crippen LogP contribution in [0.4, 0.5) is 0 Å². The van der Waals surface area contributed by atoms with Gasteiger partial charge in [0.1, 0.15) is 5.75 Å². The molecule has 0 radical (unpaired) electrons. The predicted octanol–water partition coefficient (Wildman–Crippen LogP) is 3.57. The number of phenols is 1. The number of benzene rings is 2. The lowest BCUT2D eigenvalue weighted by molar-refractivity contribution is 0.0635. The van der Waals surface area contributed by atoms with E-state index in [1.54, 1.807) is 23.1 Å². The summed E-state index contributed by atoms with van der Waals surface area (Å²) in [4.78, 5) is 17.0. The molecule has 0 saturated carbocycles. The van der Waals surface area contributed by atoms with E-state index in [9.17, 15) is 15.0 Å². The van der Waals surface area contributed by atoms with Crippen LogP contribution in [0.3, 0.4) is 0 Å². The van der Waals surface area contributed by atoms with Gasteiger partial charge in [-0.15, -0.1) is 0 Å². The van der Waals surface area contributed by atoms with Crippen LogP contribution in [0.5, 0.6) is 5.75 Å². The van der Waals surface area contributed by atoms with Gasteiger partial charge >= 0.3 is 0 Å². The number of nitrogens with zero attached hydrogens (tertiary/aromatic N) is 2.